The lowest BCUT2D eigenvalue weighted by Gasteiger charge is -2.44. The predicted octanol–water partition coefficient (Wildman–Crippen LogP) is 5.39. The lowest BCUT2D eigenvalue weighted by atomic mass is 9.94. The van der Waals surface area contributed by atoms with E-state index in [0.29, 0.717) is 12.6 Å². The third-order valence-corrected chi connectivity index (χ3v) is 5.81. The molecule has 0 atom stereocenters. The minimum absolute atomic E-state index is 0.288. The van der Waals surface area contributed by atoms with E-state index in [1.54, 1.807) is 11.3 Å². The molecule has 0 bridgehead atoms. The zero-order chi connectivity index (χ0) is 17.1. The monoisotopic (exact) mass is 369 g/mol. The molecule has 2 heterocycles. The van der Waals surface area contributed by atoms with Crippen LogP contribution in [0.2, 0.25) is 5.02 Å². The molecule has 0 radical (unpaired) electrons. The van der Waals surface area contributed by atoms with Gasteiger partial charge in [-0.3, -0.25) is 4.90 Å². The Morgan fingerprint density at radius 1 is 1.00 bits per heavy atom. The minimum atomic E-state index is 0.288. The molecule has 1 fully saturated rings. The highest BCUT2D eigenvalue weighted by atomic mass is 35.5. The van der Waals surface area contributed by atoms with Gasteiger partial charge in [-0.05, 0) is 17.2 Å². The van der Waals surface area contributed by atoms with E-state index in [4.69, 9.17) is 16.3 Å². The van der Waals surface area contributed by atoms with E-state index in [1.807, 2.05) is 11.4 Å². The molecule has 0 N–H and O–H groups in total. The molecular formula is C21H20ClNOS. The molecule has 1 saturated heterocycles. The number of nitrogens with zero attached hydrogens (tertiary/aromatic N) is 1. The molecule has 128 valence electrons. The van der Waals surface area contributed by atoms with Gasteiger partial charge in [0, 0.05) is 23.3 Å². The van der Waals surface area contributed by atoms with E-state index in [2.05, 4.69) is 65.6 Å². The summed E-state index contributed by atoms with van der Waals surface area (Å²) in [6.07, 6.45) is 0.288. The molecule has 3 aromatic rings. The number of hydrogen-bond donors (Lipinski definition) is 0. The van der Waals surface area contributed by atoms with Gasteiger partial charge in [0.05, 0.1) is 23.8 Å². The van der Waals surface area contributed by atoms with Crippen LogP contribution in [0.25, 0.3) is 0 Å². The van der Waals surface area contributed by atoms with Crippen LogP contribution in [-0.2, 0) is 11.3 Å². The summed E-state index contributed by atoms with van der Waals surface area (Å²) < 4.78 is 6.04. The molecule has 0 spiro atoms. The van der Waals surface area contributed by atoms with Gasteiger partial charge in [-0.25, -0.2) is 0 Å². The maximum absolute atomic E-state index is 6.04. The van der Waals surface area contributed by atoms with Gasteiger partial charge in [0.25, 0.3) is 0 Å². The van der Waals surface area contributed by atoms with E-state index in [9.17, 15) is 0 Å². The van der Waals surface area contributed by atoms with E-state index < -0.39 is 0 Å². The smallest absolute Gasteiger partial charge is 0.0834 e. The van der Waals surface area contributed by atoms with Gasteiger partial charge in [-0.15, -0.1) is 11.3 Å². The van der Waals surface area contributed by atoms with E-state index in [-0.39, 0.29) is 6.10 Å². The van der Waals surface area contributed by atoms with Crippen molar-refractivity contribution in [1.82, 2.24) is 4.90 Å². The van der Waals surface area contributed by atoms with Crippen molar-refractivity contribution in [1.29, 1.82) is 0 Å². The van der Waals surface area contributed by atoms with Crippen LogP contribution in [0.4, 0.5) is 0 Å². The first-order chi connectivity index (χ1) is 12.3. The number of ether oxygens (including phenoxy) is 1. The topological polar surface area (TPSA) is 12.5 Å². The fourth-order valence-electron chi connectivity index (χ4n) is 3.30. The van der Waals surface area contributed by atoms with Crippen molar-refractivity contribution in [3.05, 3.63) is 93.1 Å². The first-order valence-electron chi connectivity index (χ1n) is 8.48. The Balaban J connectivity index is 1.42. The molecule has 1 aromatic heterocycles. The number of thiophene rings is 1. The van der Waals surface area contributed by atoms with Crippen LogP contribution >= 0.6 is 22.9 Å². The Bertz CT molecular complexity index is 760. The summed E-state index contributed by atoms with van der Waals surface area (Å²) in [7, 11) is 0. The molecule has 4 rings (SSSR count). The largest absolute Gasteiger partial charge is 0.370 e. The van der Waals surface area contributed by atoms with Crippen molar-refractivity contribution in [2.75, 3.05) is 13.1 Å². The van der Waals surface area contributed by atoms with Crippen LogP contribution in [0.1, 0.15) is 22.0 Å². The highest BCUT2D eigenvalue weighted by molar-refractivity contribution is 7.10. The van der Waals surface area contributed by atoms with Gasteiger partial charge < -0.3 is 4.74 Å². The fraction of sp³-hybridized carbons (Fsp3) is 0.238. The summed E-state index contributed by atoms with van der Waals surface area (Å²) in [6, 6.07) is 23.7. The summed E-state index contributed by atoms with van der Waals surface area (Å²) in [5.74, 6) is 0. The highest BCUT2D eigenvalue weighted by Crippen LogP contribution is 2.33. The van der Waals surface area contributed by atoms with Crippen LogP contribution < -0.4 is 0 Å². The van der Waals surface area contributed by atoms with Gasteiger partial charge in [-0.1, -0.05) is 72.3 Å². The third-order valence-electron chi connectivity index (χ3n) is 4.56. The molecule has 2 aromatic carbocycles. The quantitative estimate of drug-likeness (QED) is 0.577. The van der Waals surface area contributed by atoms with Crippen LogP contribution in [-0.4, -0.2) is 24.1 Å². The van der Waals surface area contributed by atoms with E-state index in [1.165, 1.54) is 16.0 Å². The normalized spacial score (nSPS) is 15.4. The Labute approximate surface area is 157 Å². The molecule has 0 amide bonds. The van der Waals surface area contributed by atoms with Crippen LogP contribution in [0.15, 0.2) is 72.1 Å². The number of benzene rings is 2. The Morgan fingerprint density at radius 2 is 1.60 bits per heavy atom. The maximum Gasteiger partial charge on any atom is 0.0834 e. The van der Waals surface area contributed by atoms with Crippen molar-refractivity contribution in [2.45, 2.75) is 18.8 Å². The van der Waals surface area contributed by atoms with Crippen molar-refractivity contribution in [2.24, 2.45) is 0 Å². The number of hydrogen-bond acceptors (Lipinski definition) is 3. The highest BCUT2D eigenvalue weighted by Gasteiger charge is 2.34. The number of likely N-dealkylation sites (tertiary alicyclic amines) is 1. The lowest BCUT2D eigenvalue weighted by molar-refractivity contribution is -0.0733. The van der Waals surface area contributed by atoms with Crippen LogP contribution in [0.5, 0.6) is 0 Å². The Kier molecular flexibility index (Phi) is 5.18. The van der Waals surface area contributed by atoms with Crippen molar-refractivity contribution in [3.63, 3.8) is 0 Å². The van der Waals surface area contributed by atoms with Crippen molar-refractivity contribution in [3.8, 4) is 0 Å². The molecule has 1 aliphatic rings. The summed E-state index contributed by atoms with van der Waals surface area (Å²) in [5, 5.41) is 2.75. The van der Waals surface area contributed by atoms with Crippen LogP contribution in [0.3, 0.4) is 0 Å². The summed E-state index contributed by atoms with van der Waals surface area (Å²) in [6.45, 7) is 2.55. The molecule has 25 heavy (non-hydrogen) atoms. The van der Waals surface area contributed by atoms with Gasteiger partial charge in [0.2, 0.25) is 0 Å². The maximum atomic E-state index is 6.04. The minimum Gasteiger partial charge on any atom is -0.370 e. The second-order valence-corrected chi connectivity index (χ2v) is 7.77. The zero-order valence-electron chi connectivity index (χ0n) is 13.8. The summed E-state index contributed by atoms with van der Waals surface area (Å²) in [4.78, 5) is 3.67. The first-order valence-corrected chi connectivity index (χ1v) is 9.74. The molecule has 0 unspecified atom stereocenters. The van der Waals surface area contributed by atoms with Gasteiger partial charge >= 0.3 is 0 Å². The standard InChI is InChI=1S/C21H20ClNOS/c22-18-11-20(25-15-18)14-24-19-12-23(13-19)21(16-7-3-1-4-8-16)17-9-5-2-6-10-17/h1-11,15,19,21H,12-14H2. The predicted molar refractivity (Wildman–Crippen MR) is 104 cm³/mol. The van der Waals surface area contributed by atoms with Crippen LogP contribution in [0, 0.1) is 0 Å². The second kappa shape index (κ2) is 7.71. The molecular weight excluding hydrogens is 350 g/mol. The van der Waals surface area contributed by atoms with Gasteiger partial charge in [0.15, 0.2) is 0 Å². The number of rotatable bonds is 6. The molecule has 0 aliphatic carbocycles. The Hall–Kier alpha value is -1.65. The zero-order valence-corrected chi connectivity index (χ0v) is 15.4. The molecule has 4 heteroatoms. The van der Waals surface area contributed by atoms with Gasteiger partial charge in [0.1, 0.15) is 0 Å². The SMILES string of the molecule is Clc1csc(COC2CN(C(c3ccccc3)c3ccccc3)C2)c1. The second-order valence-electron chi connectivity index (χ2n) is 6.34. The fourth-order valence-corrected chi connectivity index (χ4v) is 4.29. The molecule has 0 saturated carbocycles. The average molecular weight is 370 g/mol. The third kappa shape index (κ3) is 3.96. The molecule has 1 aliphatic heterocycles. The van der Waals surface area contributed by atoms with Crippen molar-refractivity contribution >= 4 is 22.9 Å². The first kappa shape index (κ1) is 16.8. The Morgan fingerprint density at radius 3 is 2.12 bits per heavy atom. The van der Waals surface area contributed by atoms with Crippen molar-refractivity contribution < 1.29 is 4.74 Å². The lowest BCUT2D eigenvalue weighted by Crippen LogP contribution is -2.53. The van der Waals surface area contributed by atoms with E-state index in [0.717, 1.165) is 18.1 Å². The van der Waals surface area contributed by atoms with E-state index >= 15 is 0 Å². The summed E-state index contributed by atoms with van der Waals surface area (Å²) >= 11 is 7.63. The average Bonchev–Trinajstić information content (AvgIpc) is 3.03. The molecule has 2 nitrogen and oxygen atoms in total. The van der Waals surface area contributed by atoms with Gasteiger partial charge in [-0.2, -0.15) is 0 Å². The number of halogens is 1. The summed E-state index contributed by atoms with van der Waals surface area (Å²) in [5.41, 5.74) is 2.66.